The Morgan fingerprint density at radius 3 is 2.55 bits per heavy atom. The molecular formula is C22H21N3O4. The van der Waals surface area contributed by atoms with E-state index >= 15 is 0 Å². The number of methoxy groups -OCH3 is 1. The zero-order valence-electron chi connectivity index (χ0n) is 16.1. The minimum Gasteiger partial charge on any atom is -0.497 e. The van der Waals surface area contributed by atoms with Crippen LogP contribution < -0.4 is 19.5 Å². The van der Waals surface area contributed by atoms with Crippen molar-refractivity contribution >= 4 is 11.6 Å². The number of ether oxygens (including phenoxy) is 3. The van der Waals surface area contributed by atoms with Crippen LogP contribution in [0.1, 0.15) is 34.9 Å². The van der Waals surface area contributed by atoms with Crippen molar-refractivity contribution in [3.63, 3.8) is 0 Å². The zero-order valence-corrected chi connectivity index (χ0v) is 16.1. The molecule has 0 radical (unpaired) electrons. The Hall–Kier alpha value is -3.48. The van der Waals surface area contributed by atoms with E-state index in [1.165, 1.54) is 0 Å². The SMILES string of the molecule is COc1ccc(-n2nc(C(=O)Nc3ccc4c(c3)OCCO4)cc2C2CC2)cc1. The van der Waals surface area contributed by atoms with Crippen LogP contribution in [0.3, 0.4) is 0 Å². The maximum Gasteiger partial charge on any atom is 0.276 e. The largest absolute Gasteiger partial charge is 0.497 e. The number of benzene rings is 2. The van der Waals surface area contributed by atoms with E-state index in [0.29, 0.717) is 42.0 Å². The summed E-state index contributed by atoms with van der Waals surface area (Å²) in [5, 5.41) is 7.50. The molecule has 0 bridgehead atoms. The van der Waals surface area contributed by atoms with Crippen molar-refractivity contribution in [2.45, 2.75) is 18.8 Å². The van der Waals surface area contributed by atoms with Gasteiger partial charge in [-0.15, -0.1) is 0 Å². The number of carbonyl (C=O) groups excluding carboxylic acids is 1. The summed E-state index contributed by atoms with van der Waals surface area (Å²) in [6, 6.07) is 14.9. The second-order valence-corrected chi connectivity index (χ2v) is 7.15. The monoisotopic (exact) mass is 391 g/mol. The van der Waals surface area contributed by atoms with Crippen molar-refractivity contribution < 1.29 is 19.0 Å². The minimum atomic E-state index is -0.254. The Morgan fingerprint density at radius 2 is 1.83 bits per heavy atom. The molecule has 148 valence electrons. The lowest BCUT2D eigenvalue weighted by molar-refractivity contribution is 0.102. The summed E-state index contributed by atoms with van der Waals surface area (Å²) < 4.78 is 18.2. The summed E-state index contributed by atoms with van der Waals surface area (Å²) in [5.41, 5.74) is 3.00. The van der Waals surface area contributed by atoms with Gasteiger partial charge in [0.05, 0.1) is 12.8 Å². The van der Waals surface area contributed by atoms with Gasteiger partial charge in [0.15, 0.2) is 17.2 Å². The van der Waals surface area contributed by atoms with Gasteiger partial charge in [-0.25, -0.2) is 4.68 Å². The number of hydrogen-bond acceptors (Lipinski definition) is 5. The topological polar surface area (TPSA) is 74.6 Å². The first-order chi connectivity index (χ1) is 14.2. The molecule has 1 saturated carbocycles. The molecule has 2 aromatic carbocycles. The molecule has 0 unspecified atom stereocenters. The Labute approximate surface area is 168 Å². The molecule has 29 heavy (non-hydrogen) atoms. The number of anilines is 1. The van der Waals surface area contributed by atoms with Crippen molar-refractivity contribution in [2.75, 3.05) is 25.6 Å². The second-order valence-electron chi connectivity index (χ2n) is 7.15. The van der Waals surface area contributed by atoms with Crippen LogP contribution in [0, 0.1) is 0 Å². The number of rotatable bonds is 5. The highest BCUT2D eigenvalue weighted by atomic mass is 16.6. The molecule has 3 aromatic rings. The third-order valence-electron chi connectivity index (χ3n) is 5.08. The maximum atomic E-state index is 12.8. The molecule has 0 saturated heterocycles. The fraction of sp³-hybridized carbons (Fsp3) is 0.273. The lowest BCUT2D eigenvalue weighted by Gasteiger charge is -2.18. The van der Waals surface area contributed by atoms with Gasteiger partial charge in [-0.05, 0) is 55.3 Å². The summed E-state index contributed by atoms with van der Waals surface area (Å²) >= 11 is 0. The van der Waals surface area contributed by atoms with Gasteiger partial charge < -0.3 is 19.5 Å². The Kier molecular flexibility index (Phi) is 4.35. The normalized spacial score (nSPS) is 15.1. The van der Waals surface area contributed by atoms with Crippen LogP contribution in [0.5, 0.6) is 17.2 Å². The van der Waals surface area contributed by atoms with E-state index in [1.807, 2.05) is 35.0 Å². The molecule has 1 amide bonds. The van der Waals surface area contributed by atoms with E-state index in [2.05, 4.69) is 10.4 Å². The van der Waals surface area contributed by atoms with Gasteiger partial charge in [0, 0.05) is 23.4 Å². The minimum absolute atomic E-state index is 0.254. The molecule has 5 rings (SSSR count). The molecule has 1 N–H and O–H groups in total. The van der Waals surface area contributed by atoms with Crippen molar-refractivity contribution in [3.8, 4) is 22.9 Å². The van der Waals surface area contributed by atoms with Gasteiger partial charge in [-0.1, -0.05) is 0 Å². The van der Waals surface area contributed by atoms with Crippen LogP contribution in [0.25, 0.3) is 5.69 Å². The smallest absolute Gasteiger partial charge is 0.276 e. The molecule has 0 spiro atoms. The van der Waals surface area contributed by atoms with E-state index in [0.717, 1.165) is 30.0 Å². The van der Waals surface area contributed by atoms with Crippen molar-refractivity contribution in [2.24, 2.45) is 0 Å². The number of carbonyl (C=O) groups is 1. The average Bonchev–Trinajstić information content (AvgIpc) is 3.51. The fourth-order valence-electron chi connectivity index (χ4n) is 3.42. The maximum absolute atomic E-state index is 12.8. The quantitative estimate of drug-likeness (QED) is 0.716. The molecule has 1 aliphatic heterocycles. The summed E-state index contributed by atoms with van der Waals surface area (Å²) in [6.07, 6.45) is 2.23. The second kappa shape index (κ2) is 7.16. The summed E-state index contributed by atoms with van der Waals surface area (Å²) in [6.45, 7) is 1.03. The molecule has 7 heteroatoms. The lowest BCUT2D eigenvalue weighted by atomic mass is 10.2. The number of amides is 1. The van der Waals surface area contributed by atoms with Gasteiger partial charge >= 0.3 is 0 Å². The standard InChI is InChI=1S/C22H21N3O4/c1-27-17-7-5-16(6-8-17)25-19(14-2-3-14)13-18(24-25)22(26)23-15-4-9-20-21(12-15)29-11-10-28-20/h4-9,12-14H,2-3,10-11H2,1H3,(H,23,26). The van der Waals surface area contributed by atoms with Crippen molar-refractivity contribution in [1.82, 2.24) is 9.78 Å². The number of fused-ring (bicyclic) bond motifs is 1. The highest BCUT2D eigenvalue weighted by Gasteiger charge is 2.30. The molecule has 1 fully saturated rings. The Bertz CT molecular complexity index is 1050. The molecule has 2 heterocycles. The van der Waals surface area contributed by atoms with E-state index in [9.17, 15) is 4.79 Å². The Morgan fingerprint density at radius 1 is 1.07 bits per heavy atom. The molecule has 1 aliphatic carbocycles. The van der Waals surface area contributed by atoms with Gasteiger partial charge in [0.2, 0.25) is 0 Å². The third-order valence-corrected chi connectivity index (χ3v) is 5.08. The van der Waals surface area contributed by atoms with Crippen LogP contribution in [0.15, 0.2) is 48.5 Å². The number of nitrogens with zero attached hydrogens (tertiary/aromatic N) is 2. The van der Waals surface area contributed by atoms with Crippen molar-refractivity contribution in [3.05, 3.63) is 59.9 Å². The van der Waals surface area contributed by atoms with Gasteiger partial charge in [0.25, 0.3) is 5.91 Å². The number of hydrogen-bond donors (Lipinski definition) is 1. The van der Waals surface area contributed by atoms with Crippen LogP contribution in [-0.2, 0) is 0 Å². The molecule has 1 aromatic heterocycles. The summed E-state index contributed by atoms with van der Waals surface area (Å²) in [7, 11) is 1.64. The molecule has 2 aliphatic rings. The van der Waals surface area contributed by atoms with Gasteiger partial charge in [-0.2, -0.15) is 5.10 Å². The van der Waals surface area contributed by atoms with Crippen molar-refractivity contribution in [1.29, 1.82) is 0 Å². The first-order valence-corrected chi connectivity index (χ1v) is 9.66. The van der Waals surface area contributed by atoms with E-state index < -0.39 is 0 Å². The predicted octanol–water partition coefficient (Wildman–Crippen LogP) is 3.78. The number of nitrogens with one attached hydrogen (secondary N) is 1. The highest BCUT2D eigenvalue weighted by molar-refractivity contribution is 6.03. The number of aromatic nitrogens is 2. The van der Waals surface area contributed by atoms with E-state index in [1.54, 1.807) is 25.3 Å². The molecular weight excluding hydrogens is 370 g/mol. The van der Waals surface area contributed by atoms with Crippen LogP contribution >= 0.6 is 0 Å². The van der Waals surface area contributed by atoms with Crippen LogP contribution in [0.4, 0.5) is 5.69 Å². The summed E-state index contributed by atoms with van der Waals surface area (Å²) in [4.78, 5) is 12.8. The predicted molar refractivity (Wildman–Crippen MR) is 107 cm³/mol. The molecule has 7 nitrogen and oxygen atoms in total. The third kappa shape index (κ3) is 3.51. The zero-order chi connectivity index (χ0) is 19.8. The Balaban J connectivity index is 1.41. The highest BCUT2D eigenvalue weighted by Crippen LogP contribution is 2.41. The van der Waals surface area contributed by atoms with E-state index in [-0.39, 0.29) is 5.91 Å². The summed E-state index contributed by atoms with van der Waals surface area (Å²) in [5.74, 6) is 2.30. The first kappa shape index (κ1) is 17.6. The van der Waals surface area contributed by atoms with Crippen LogP contribution in [0.2, 0.25) is 0 Å². The fourth-order valence-corrected chi connectivity index (χ4v) is 3.42. The van der Waals surface area contributed by atoms with Crippen LogP contribution in [-0.4, -0.2) is 36.0 Å². The van der Waals surface area contributed by atoms with E-state index in [4.69, 9.17) is 14.2 Å². The van der Waals surface area contributed by atoms with Gasteiger partial charge in [-0.3, -0.25) is 4.79 Å². The average molecular weight is 391 g/mol. The molecule has 0 atom stereocenters. The first-order valence-electron chi connectivity index (χ1n) is 9.66. The van der Waals surface area contributed by atoms with Gasteiger partial charge in [0.1, 0.15) is 19.0 Å². The lowest BCUT2D eigenvalue weighted by Crippen LogP contribution is -2.16.